The lowest BCUT2D eigenvalue weighted by molar-refractivity contribution is -0.118. The summed E-state index contributed by atoms with van der Waals surface area (Å²) in [6.45, 7) is 0.446. The molecule has 8 nitrogen and oxygen atoms in total. The minimum Gasteiger partial charge on any atom is -0.454 e. The van der Waals surface area contributed by atoms with E-state index in [2.05, 4.69) is 20.8 Å². The molecule has 154 valence electrons. The molecule has 0 saturated heterocycles. The Morgan fingerprint density at radius 2 is 1.90 bits per heavy atom. The third-order valence-electron chi connectivity index (χ3n) is 3.99. The largest absolute Gasteiger partial charge is 0.454 e. The Morgan fingerprint density at radius 3 is 2.73 bits per heavy atom. The van der Waals surface area contributed by atoms with Crippen molar-refractivity contribution in [3.05, 3.63) is 59.4 Å². The Kier molecular flexibility index (Phi) is 6.10. The van der Waals surface area contributed by atoms with Crippen molar-refractivity contribution >= 4 is 40.0 Å². The second-order valence-electron chi connectivity index (χ2n) is 6.09. The zero-order valence-electron chi connectivity index (χ0n) is 15.4. The molecule has 0 saturated carbocycles. The van der Waals surface area contributed by atoms with E-state index in [1.807, 2.05) is 0 Å². The van der Waals surface area contributed by atoms with E-state index in [-0.39, 0.29) is 30.2 Å². The van der Waals surface area contributed by atoms with Crippen LogP contribution >= 0.6 is 23.1 Å². The molecule has 1 aliphatic rings. The van der Waals surface area contributed by atoms with Gasteiger partial charge in [0.05, 0.1) is 5.75 Å². The molecular weight excluding hydrogens is 431 g/mol. The lowest BCUT2D eigenvalue weighted by Gasteiger charge is -2.04. The number of thioether (sulfide) groups is 1. The highest BCUT2D eigenvalue weighted by atomic mass is 32.2. The first-order valence-corrected chi connectivity index (χ1v) is 10.6. The number of nitrogens with zero attached hydrogens (tertiary/aromatic N) is 2. The molecule has 2 heterocycles. The summed E-state index contributed by atoms with van der Waals surface area (Å²) in [7, 11) is 0. The van der Waals surface area contributed by atoms with Crippen LogP contribution in [0, 0.1) is 5.82 Å². The third-order valence-corrected chi connectivity index (χ3v) is 5.96. The van der Waals surface area contributed by atoms with Crippen LogP contribution in [0.2, 0.25) is 0 Å². The van der Waals surface area contributed by atoms with Crippen molar-refractivity contribution in [3.8, 4) is 11.5 Å². The molecule has 4 rings (SSSR count). The Hall–Kier alpha value is -3.18. The number of hydrogen-bond donors (Lipinski definition) is 2. The van der Waals surface area contributed by atoms with Crippen molar-refractivity contribution in [1.82, 2.24) is 15.5 Å². The number of benzene rings is 2. The fourth-order valence-corrected chi connectivity index (χ4v) is 4.08. The molecule has 0 fully saturated rings. The summed E-state index contributed by atoms with van der Waals surface area (Å²) in [4.78, 5) is 24.3. The van der Waals surface area contributed by atoms with E-state index in [4.69, 9.17) is 9.47 Å². The summed E-state index contributed by atoms with van der Waals surface area (Å²) in [6.07, 6.45) is 0. The van der Waals surface area contributed by atoms with Gasteiger partial charge in [0.2, 0.25) is 17.8 Å². The van der Waals surface area contributed by atoms with Crippen LogP contribution < -0.4 is 20.1 Å². The molecule has 0 unspecified atom stereocenters. The molecule has 11 heteroatoms. The van der Waals surface area contributed by atoms with E-state index in [9.17, 15) is 14.0 Å². The number of nitrogens with one attached hydrogen (secondary N) is 2. The number of anilines is 1. The van der Waals surface area contributed by atoms with Crippen molar-refractivity contribution in [1.29, 1.82) is 0 Å². The number of carbonyl (C=O) groups is 2. The van der Waals surface area contributed by atoms with E-state index >= 15 is 0 Å². The fraction of sp³-hybridized carbons (Fsp3) is 0.158. The monoisotopic (exact) mass is 446 g/mol. The number of carbonyl (C=O) groups excluding carboxylic acids is 2. The predicted molar refractivity (Wildman–Crippen MR) is 109 cm³/mol. The molecule has 2 amide bonds. The van der Waals surface area contributed by atoms with Crippen LogP contribution in [0.1, 0.15) is 15.9 Å². The number of amides is 2. The van der Waals surface area contributed by atoms with Gasteiger partial charge in [-0.2, -0.15) is 0 Å². The molecule has 0 radical (unpaired) electrons. The smallest absolute Gasteiger partial charge is 0.257 e. The van der Waals surface area contributed by atoms with E-state index in [1.165, 1.54) is 35.2 Å². The Morgan fingerprint density at radius 1 is 1.10 bits per heavy atom. The zero-order chi connectivity index (χ0) is 20.9. The second kappa shape index (κ2) is 9.09. The standard InChI is InChI=1S/C19H15FN4O4S2/c20-13-4-1-11(2-5-13)8-21-16(25)9-29-19-24-23-18(30-19)22-17(26)12-3-6-14-15(7-12)28-10-27-14/h1-7H,8-10H2,(H,21,25)(H,22,23,26). The molecule has 2 aromatic carbocycles. The number of rotatable bonds is 7. The van der Waals surface area contributed by atoms with Crippen LogP contribution in [0.25, 0.3) is 0 Å². The predicted octanol–water partition coefficient (Wildman–Crippen LogP) is 3.07. The highest BCUT2D eigenvalue weighted by molar-refractivity contribution is 8.01. The molecule has 30 heavy (non-hydrogen) atoms. The van der Waals surface area contributed by atoms with Gasteiger partial charge in [0.15, 0.2) is 15.8 Å². The van der Waals surface area contributed by atoms with E-state index < -0.39 is 0 Å². The van der Waals surface area contributed by atoms with Crippen molar-refractivity contribution in [2.75, 3.05) is 17.9 Å². The number of ether oxygens (including phenoxy) is 2. The van der Waals surface area contributed by atoms with Gasteiger partial charge < -0.3 is 14.8 Å². The van der Waals surface area contributed by atoms with Crippen molar-refractivity contribution in [2.24, 2.45) is 0 Å². The summed E-state index contributed by atoms with van der Waals surface area (Å²) in [5.41, 5.74) is 1.21. The van der Waals surface area contributed by atoms with Crippen LogP contribution in [0.5, 0.6) is 11.5 Å². The topological polar surface area (TPSA) is 102 Å². The summed E-state index contributed by atoms with van der Waals surface area (Å²) in [6, 6.07) is 10.8. The van der Waals surface area contributed by atoms with Crippen LogP contribution in [0.3, 0.4) is 0 Å². The Bertz CT molecular complexity index is 1070. The van der Waals surface area contributed by atoms with Gasteiger partial charge in [0, 0.05) is 12.1 Å². The van der Waals surface area contributed by atoms with Gasteiger partial charge in [-0.15, -0.1) is 10.2 Å². The lowest BCUT2D eigenvalue weighted by Crippen LogP contribution is -2.24. The Balaban J connectivity index is 1.25. The van der Waals surface area contributed by atoms with Crippen LogP contribution in [-0.4, -0.2) is 34.6 Å². The molecular formula is C19H15FN4O4S2. The normalized spacial score (nSPS) is 11.9. The van der Waals surface area contributed by atoms with Crippen LogP contribution in [0.15, 0.2) is 46.8 Å². The van der Waals surface area contributed by atoms with E-state index in [0.29, 0.717) is 33.1 Å². The summed E-state index contributed by atoms with van der Waals surface area (Å²) < 4.78 is 23.9. The van der Waals surface area contributed by atoms with Gasteiger partial charge >= 0.3 is 0 Å². The van der Waals surface area contributed by atoms with Gasteiger partial charge in [0.25, 0.3) is 5.91 Å². The third kappa shape index (κ3) is 5.05. The zero-order valence-corrected chi connectivity index (χ0v) is 17.0. The second-order valence-corrected chi connectivity index (χ2v) is 8.29. The maximum absolute atomic E-state index is 12.9. The molecule has 0 bridgehead atoms. The molecule has 1 aliphatic heterocycles. The average molecular weight is 446 g/mol. The SMILES string of the molecule is O=C(CSc1nnc(NC(=O)c2ccc3c(c2)OCO3)s1)NCc1ccc(F)cc1. The maximum Gasteiger partial charge on any atom is 0.257 e. The van der Waals surface area contributed by atoms with Gasteiger partial charge in [-0.25, -0.2) is 4.39 Å². The molecule has 0 aliphatic carbocycles. The van der Waals surface area contributed by atoms with Crippen molar-refractivity contribution < 1.29 is 23.5 Å². The molecule has 0 spiro atoms. The minimum atomic E-state index is -0.349. The summed E-state index contributed by atoms with van der Waals surface area (Å²) >= 11 is 2.38. The van der Waals surface area contributed by atoms with Gasteiger partial charge in [-0.05, 0) is 35.9 Å². The van der Waals surface area contributed by atoms with Crippen LogP contribution in [-0.2, 0) is 11.3 Å². The molecule has 1 aromatic heterocycles. The number of aromatic nitrogens is 2. The molecule has 0 atom stereocenters. The quantitative estimate of drug-likeness (QED) is 0.425. The van der Waals surface area contributed by atoms with E-state index in [1.54, 1.807) is 30.3 Å². The van der Waals surface area contributed by atoms with Crippen molar-refractivity contribution in [3.63, 3.8) is 0 Å². The highest BCUT2D eigenvalue weighted by Crippen LogP contribution is 2.33. The first-order valence-electron chi connectivity index (χ1n) is 8.75. The van der Waals surface area contributed by atoms with E-state index in [0.717, 1.165) is 5.56 Å². The number of fused-ring (bicyclic) bond motifs is 1. The van der Waals surface area contributed by atoms with Crippen molar-refractivity contribution in [2.45, 2.75) is 10.9 Å². The average Bonchev–Trinajstić information content (AvgIpc) is 3.40. The van der Waals surface area contributed by atoms with Gasteiger partial charge in [-0.1, -0.05) is 35.2 Å². The fourth-order valence-electron chi connectivity index (χ4n) is 2.51. The lowest BCUT2D eigenvalue weighted by atomic mass is 10.2. The van der Waals surface area contributed by atoms with Gasteiger partial charge in [-0.3, -0.25) is 14.9 Å². The number of hydrogen-bond acceptors (Lipinski definition) is 8. The minimum absolute atomic E-state index is 0.134. The highest BCUT2D eigenvalue weighted by Gasteiger charge is 2.17. The van der Waals surface area contributed by atoms with Crippen LogP contribution in [0.4, 0.5) is 9.52 Å². The molecule has 2 N–H and O–H groups in total. The summed E-state index contributed by atoms with van der Waals surface area (Å²) in [5.74, 6) is 0.398. The number of halogens is 1. The first kappa shape index (κ1) is 20.1. The first-order chi connectivity index (χ1) is 14.6. The summed E-state index contributed by atoms with van der Waals surface area (Å²) in [5, 5.41) is 13.6. The van der Waals surface area contributed by atoms with Gasteiger partial charge in [0.1, 0.15) is 5.82 Å². The molecule has 3 aromatic rings. The Labute approximate surface area is 178 Å². The maximum atomic E-state index is 12.9.